The van der Waals surface area contributed by atoms with Crippen molar-refractivity contribution >= 4 is 52.4 Å². The number of aromatic nitrogens is 5. The molecule has 0 radical (unpaired) electrons. The molecule has 3 atom stereocenters. The molecule has 5 amide bonds. The molecule has 10 rings (SSSR count). The minimum atomic E-state index is -2.88. The van der Waals surface area contributed by atoms with Crippen LogP contribution in [0.25, 0.3) is 5.65 Å². The number of imide groups is 2. The molecule has 3 aromatic heterocycles. The predicted molar refractivity (Wildman–Crippen MR) is 244 cm³/mol. The van der Waals surface area contributed by atoms with E-state index in [9.17, 15) is 37.9 Å². The van der Waals surface area contributed by atoms with E-state index in [4.69, 9.17) is 4.74 Å². The Morgan fingerprint density at radius 1 is 0.897 bits per heavy atom. The number of alkyl halides is 2. The number of aliphatic hydroxyl groups excluding tert-OH is 1. The Kier molecular flexibility index (Phi) is 13.2. The van der Waals surface area contributed by atoms with Crippen molar-refractivity contribution in [2.75, 3.05) is 54.9 Å². The van der Waals surface area contributed by atoms with Crippen LogP contribution in [0.5, 0.6) is 0 Å². The molecule has 3 saturated heterocycles. The lowest BCUT2D eigenvalue weighted by Gasteiger charge is -2.38. The van der Waals surface area contributed by atoms with Crippen LogP contribution in [-0.2, 0) is 14.3 Å². The number of anilines is 3. The molecule has 1 aromatic carbocycles. The number of carbonyl (C=O) groups is 5. The summed E-state index contributed by atoms with van der Waals surface area (Å²) >= 11 is 0. The van der Waals surface area contributed by atoms with Gasteiger partial charge in [-0.3, -0.25) is 38.9 Å². The maximum Gasteiger partial charge on any atom is 0.284 e. The van der Waals surface area contributed by atoms with Crippen molar-refractivity contribution in [2.24, 2.45) is 11.8 Å². The van der Waals surface area contributed by atoms with Crippen LogP contribution in [0.2, 0.25) is 0 Å². The van der Waals surface area contributed by atoms with Crippen LogP contribution >= 0.6 is 0 Å². The Balaban J connectivity index is 0.660. The smallest absolute Gasteiger partial charge is 0.284 e. The first-order valence-corrected chi connectivity index (χ1v) is 24.4. The van der Waals surface area contributed by atoms with Gasteiger partial charge in [-0.1, -0.05) is 18.9 Å². The minimum Gasteiger partial charge on any atom is -0.391 e. The van der Waals surface area contributed by atoms with Gasteiger partial charge in [-0.15, -0.1) is 0 Å². The third kappa shape index (κ3) is 9.46. The molecule has 68 heavy (non-hydrogen) atoms. The number of nitrogens with zero attached hydrogens (tertiary/aromatic N) is 8. The maximum atomic E-state index is 14.3. The zero-order chi connectivity index (χ0) is 47.1. The molecule has 4 N–H and O–H groups in total. The second-order valence-corrected chi connectivity index (χ2v) is 19.5. The number of benzene rings is 1. The van der Waals surface area contributed by atoms with Crippen molar-refractivity contribution in [3.8, 4) is 0 Å². The highest BCUT2D eigenvalue weighted by atomic mass is 19.3. The number of piperidine rings is 3. The van der Waals surface area contributed by atoms with Gasteiger partial charge in [-0.25, -0.2) is 18.3 Å². The fourth-order valence-corrected chi connectivity index (χ4v) is 11.2. The highest BCUT2D eigenvalue weighted by molar-refractivity contribution is 6.25. The Morgan fingerprint density at radius 3 is 2.43 bits per heavy atom. The van der Waals surface area contributed by atoms with E-state index in [1.165, 1.54) is 16.9 Å². The van der Waals surface area contributed by atoms with Gasteiger partial charge < -0.3 is 30.3 Å². The average Bonchev–Trinajstić information content (AvgIpc) is 4.04. The van der Waals surface area contributed by atoms with Gasteiger partial charge in [-0.2, -0.15) is 10.2 Å². The number of hydrogen-bond donors (Lipinski definition) is 4. The first-order valence-electron chi connectivity index (χ1n) is 24.4. The SMILES string of the molecule is O=C1CCC(N2C(=O)c3cccc(N4CCC(COC5CCN(C[C@H]6CC[C@H](n7cc(NC(=O)c8cnn9ccc(N[C@@H]%10CCCC[C@@H]%10O)nc89)c(C(F)F)n7)CC6)CC5)CC4)c3C2=O)C(=O)N1. The van der Waals surface area contributed by atoms with E-state index in [1.807, 2.05) is 6.07 Å². The summed E-state index contributed by atoms with van der Waals surface area (Å²) in [6.45, 7) is 4.99. The molecule has 7 heterocycles. The van der Waals surface area contributed by atoms with E-state index in [1.54, 1.807) is 29.1 Å². The van der Waals surface area contributed by atoms with Gasteiger partial charge in [0.2, 0.25) is 11.8 Å². The van der Waals surface area contributed by atoms with Crippen LogP contribution in [0, 0.1) is 11.8 Å². The molecule has 2 aliphatic carbocycles. The van der Waals surface area contributed by atoms with Crippen LogP contribution in [0.3, 0.4) is 0 Å². The molecule has 4 aliphatic heterocycles. The summed E-state index contributed by atoms with van der Waals surface area (Å²) in [5.74, 6) is -1.26. The summed E-state index contributed by atoms with van der Waals surface area (Å²) in [4.78, 5) is 75.1. The van der Waals surface area contributed by atoms with Crippen molar-refractivity contribution in [3.05, 3.63) is 65.2 Å². The van der Waals surface area contributed by atoms with Gasteiger partial charge in [-0.05, 0) is 101 Å². The minimum absolute atomic E-state index is 0.0327. The second-order valence-electron chi connectivity index (χ2n) is 19.5. The Labute approximate surface area is 392 Å². The lowest BCUT2D eigenvalue weighted by atomic mass is 9.85. The zero-order valence-corrected chi connectivity index (χ0v) is 38.0. The van der Waals surface area contributed by atoms with Crippen LogP contribution < -0.4 is 20.9 Å². The first kappa shape index (κ1) is 45.9. The number of nitrogens with one attached hydrogen (secondary N) is 3. The molecule has 20 heteroatoms. The molecule has 0 spiro atoms. The van der Waals surface area contributed by atoms with Crippen LogP contribution in [0.1, 0.15) is 139 Å². The van der Waals surface area contributed by atoms with Gasteiger partial charge in [0.15, 0.2) is 11.3 Å². The van der Waals surface area contributed by atoms with Crippen molar-refractivity contribution in [1.82, 2.24) is 39.5 Å². The third-order valence-corrected chi connectivity index (χ3v) is 15.1. The van der Waals surface area contributed by atoms with Gasteiger partial charge in [0, 0.05) is 58.1 Å². The van der Waals surface area contributed by atoms with Crippen molar-refractivity contribution < 1.29 is 42.6 Å². The van der Waals surface area contributed by atoms with Crippen molar-refractivity contribution in [1.29, 1.82) is 0 Å². The lowest BCUT2D eigenvalue weighted by Crippen LogP contribution is -2.54. The number of amides is 5. The van der Waals surface area contributed by atoms with E-state index >= 15 is 0 Å². The number of likely N-dealkylation sites (tertiary alicyclic amines) is 1. The normalized spacial score (nSPS) is 25.6. The monoisotopic (exact) mass is 939 g/mol. The Bertz CT molecular complexity index is 2540. The van der Waals surface area contributed by atoms with E-state index in [0.29, 0.717) is 60.6 Å². The first-order chi connectivity index (χ1) is 33.0. The van der Waals surface area contributed by atoms with E-state index < -0.39 is 53.8 Å². The zero-order valence-electron chi connectivity index (χ0n) is 38.0. The second kappa shape index (κ2) is 19.6. The summed E-state index contributed by atoms with van der Waals surface area (Å²) in [6.07, 6.45) is 12.2. The molecule has 4 aromatic rings. The highest BCUT2D eigenvalue weighted by Crippen LogP contribution is 2.38. The number of fused-ring (bicyclic) bond motifs is 2. The Morgan fingerprint density at radius 2 is 1.68 bits per heavy atom. The van der Waals surface area contributed by atoms with Gasteiger partial charge in [0.05, 0.1) is 53.0 Å². The highest BCUT2D eigenvalue weighted by Gasteiger charge is 2.46. The van der Waals surface area contributed by atoms with Crippen molar-refractivity contribution in [2.45, 2.75) is 127 Å². The maximum absolute atomic E-state index is 14.3. The van der Waals surface area contributed by atoms with Crippen LogP contribution in [0.15, 0.2) is 42.9 Å². The summed E-state index contributed by atoms with van der Waals surface area (Å²) in [7, 11) is 0. The van der Waals surface area contributed by atoms with E-state index in [2.05, 4.69) is 40.9 Å². The standard InChI is InChI=1S/C48H59F2N11O7/c49-43(50)42-35(53-45(64)33-24-51-59-23-18-39(54-44(33)59)52-34-5-1-2-7-38(34)62)26-60(56-42)30-10-8-28(9-11-30)25-57-19-16-31(17-20-57)68-27-29-14-21-58(22-15-29)36-6-3-4-32-41(36)48(67)61(47(32)66)37-12-13-40(63)55-46(37)65/h3-4,6,18,23-24,26,28-31,34,37-38,43,62H,1-2,5,7-17,19-22,25,27H2,(H,52,54)(H,53,64)(H,55,63,65)/t28-,30-,34-,37?,38+/m1/s1. The number of rotatable bonds is 13. The molecule has 362 valence electrons. The quantitative estimate of drug-likeness (QED) is 0.125. The van der Waals surface area contributed by atoms with E-state index in [0.717, 1.165) is 95.2 Å². The molecule has 2 saturated carbocycles. The van der Waals surface area contributed by atoms with Crippen LogP contribution in [-0.4, -0.2) is 132 Å². The van der Waals surface area contributed by atoms with Gasteiger partial charge >= 0.3 is 0 Å². The average molecular weight is 940 g/mol. The summed E-state index contributed by atoms with van der Waals surface area (Å²) in [5.41, 5.74) is 1.22. The van der Waals surface area contributed by atoms with Gasteiger partial charge in [0.1, 0.15) is 17.4 Å². The third-order valence-electron chi connectivity index (χ3n) is 15.1. The summed E-state index contributed by atoms with van der Waals surface area (Å²) in [5, 5.41) is 27.1. The topological polar surface area (TPSA) is 209 Å². The molecule has 5 fully saturated rings. The predicted octanol–water partition coefficient (Wildman–Crippen LogP) is 5.36. The molecule has 1 unspecified atom stereocenters. The summed E-state index contributed by atoms with van der Waals surface area (Å²) in [6, 6.07) is 5.79. The molecule has 6 aliphatic rings. The molecule has 18 nitrogen and oxygen atoms in total. The van der Waals surface area contributed by atoms with Crippen LogP contribution in [0.4, 0.5) is 26.0 Å². The molecular formula is C48H59F2N11O7. The Hall–Kier alpha value is -5.86. The number of aliphatic hydroxyl groups is 1. The lowest BCUT2D eigenvalue weighted by molar-refractivity contribution is -0.136. The molecule has 0 bridgehead atoms. The largest absolute Gasteiger partial charge is 0.391 e. The fourth-order valence-electron chi connectivity index (χ4n) is 11.2. The number of halogens is 2. The number of carbonyl (C=O) groups excluding carboxylic acids is 5. The molecular weight excluding hydrogens is 881 g/mol. The van der Waals surface area contributed by atoms with E-state index in [-0.39, 0.29) is 47.9 Å². The number of ether oxygens (including phenoxy) is 1. The van der Waals surface area contributed by atoms with Crippen molar-refractivity contribution in [3.63, 3.8) is 0 Å². The summed E-state index contributed by atoms with van der Waals surface area (Å²) < 4.78 is 38.2. The van der Waals surface area contributed by atoms with Gasteiger partial charge in [0.25, 0.3) is 24.1 Å². The fraction of sp³-hybridized carbons (Fsp3) is 0.583. The number of hydrogen-bond acceptors (Lipinski definition) is 13.